The van der Waals surface area contributed by atoms with E-state index in [1.165, 1.54) is 23.6 Å². The lowest BCUT2D eigenvalue weighted by molar-refractivity contribution is -0.137. The molecule has 32 heavy (non-hydrogen) atoms. The lowest BCUT2D eigenvalue weighted by Crippen LogP contribution is -2.16. The van der Waals surface area contributed by atoms with E-state index in [0.717, 1.165) is 21.5 Å². The fourth-order valence-corrected chi connectivity index (χ4v) is 4.03. The van der Waals surface area contributed by atoms with Crippen LogP contribution in [-0.4, -0.2) is 12.1 Å². The normalized spacial score (nSPS) is 11.8. The van der Waals surface area contributed by atoms with Gasteiger partial charge in [0.15, 0.2) is 0 Å². The molecule has 0 aliphatic heterocycles. The number of alkyl halides is 3. The summed E-state index contributed by atoms with van der Waals surface area (Å²) in [6, 6.07) is 12.0. The number of carbonyl (C=O) groups excluding carboxylic acids is 1. The fourth-order valence-electron chi connectivity index (χ4n) is 2.75. The third-order valence-electron chi connectivity index (χ3n) is 4.44. The average Bonchev–Trinajstić information content (AvgIpc) is 3.23. The molecule has 0 unspecified atom stereocenters. The van der Waals surface area contributed by atoms with Gasteiger partial charge in [-0.25, -0.2) is 5.43 Å². The number of carbonyl (C=O) groups is 1. The van der Waals surface area contributed by atoms with Crippen LogP contribution in [0.15, 0.2) is 63.5 Å². The van der Waals surface area contributed by atoms with E-state index < -0.39 is 11.7 Å². The van der Waals surface area contributed by atoms with Crippen LogP contribution in [0.5, 0.6) is 5.75 Å². The quantitative estimate of drug-likeness (QED) is 0.267. The fraction of sp³-hybridized carbons (Fsp3) is 0.217. The summed E-state index contributed by atoms with van der Waals surface area (Å²) in [5.74, 6) is 0.426. The molecule has 2 aromatic carbocycles. The summed E-state index contributed by atoms with van der Waals surface area (Å²) in [6.07, 6.45) is -2.98. The van der Waals surface area contributed by atoms with Crippen LogP contribution in [0.2, 0.25) is 0 Å². The number of benzene rings is 2. The van der Waals surface area contributed by atoms with Crippen molar-refractivity contribution in [1.29, 1.82) is 0 Å². The molecule has 1 heterocycles. The Hall–Kier alpha value is -2.65. The van der Waals surface area contributed by atoms with Gasteiger partial charge in [0.1, 0.15) is 12.4 Å². The number of halogens is 4. The molecule has 3 rings (SSSR count). The third-order valence-corrected chi connectivity index (χ3v) is 6.17. The number of rotatable bonds is 7. The number of ether oxygens (including phenoxy) is 1. The molecule has 4 nitrogen and oxygen atoms in total. The molecule has 0 aliphatic rings. The average molecular weight is 525 g/mol. The molecule has 1 N–H and O–H groups in total. The second-order valence-electron chi connectivity index (χ2n) is 7.26. The van der Waals surface area contributed by atoms with E-state index in [1.54, 1.807) is 29.6 Å². The molecule has 0 saturated heterocycles. The SMILES string of the molecule is CC(C)c1cc(C(=O)N/N=C\c2cc(Br)ccc2OCc2cccc(C(F)(F)F)c2)cs1. The van der Waals surface area contributed by atoms with E-state index in [1.807, 2.05) is 6.07 Å². The number of thiophene rings is 1. The first-order chi connectivity index (χ1) is 15.1. The zero-order chi connectivity index (χ0) is 23.3. The Bertz CT molecular complexity index is 1130. The summed E-state index contributed by atoms with van der Waals surface area (Å²) in [5, 5.41) is 5.79. The summed E-state index contributed by atoms with van der Waals surface area (Å²) in [6.45, 7) is 4.06. The van der Waals surface area contributed by atoms with E-state index in [0.29, 0.717) is 28.4 Å². The first-order valence-electron chi connectivity index (χ1n) is 9.64. The lowest BCUT2D eigenvalue weighted by atomic mass is 10.1. The highest BCUT2D eigenvalue weighted by molar-refractivity contribution is 9.10. The standard InChI is InChI=1S/C23H20BrF3N2O2S/c1-14(2)21-10-17(13-32-21)22(30)29-28-11-16-9-19(24)6-7-20(16)31-12-15-4-3-5-18(8-15)23(25,26)27/h3-11,13-14H,12H2,1-2H3,(H,29,30)/b28-11-. The van der Waals surface area contributed by atoms with Crippen molar-refractivity contribution in [2.45, 2.75) is 32.5 Å². The molecule has 0 fully saturated rings. The van der Waals surface area contributed by atoms with Gasteiger partial charge in [0.05, 0.1) is 17.3 Å². The molecule has 0 radical (unpaired) electrons. The summed E-state index contributed by atoms with van der Waals surface area (Å²) in [7, 11) is 0. The molecule has 0 bridgehead atoms. The van der Waals surface area contributed by atoms with Crippen molar-refractivity contribution < 1.29 is 22.7 Å². The zero-order valence-electron chi connectivity index (χ0n) is 17.2. The Morgan fingerprint density at radius 2 is 2.00 bits per heavy atom. The van der Waals surface area contributed by atoms with Crippen LogP contribution in [0.3, 0.4) is 0 Å². The van der Waals surface area contributed by atoms with E-state index in [-0.39, 0.29) is 12.5 Å². The summed E-state index contributed by atoms with van der Waals surface area (Å²) >= 11 is 4.89. The van der Waals surface area contributed by atoms with Crippen LogP contribution in [0.1, 0.15) is 51.7 Å². The molecular formula is C23H20BrF3N2O2S. The minimum atomic E-state index is -4.41. The van der Waals surface area contributed by atoms with Gasteiger partial charge in [-0.05, 0) is 47.9 Å². The molecule has 0 saturated carbocycles. The molecule has 168 valence electrons. The maximum absolute atomic E-state index is 12.9. The van der Waals surface area contributed by atoms with Crippen LogP contribution in [0.4, 0.5) is 13.2 Å². The van der Waals surface area contributed by atoms with Gasteiger partial charge in [-0.1, -0.05) is 41.9 Å². The molecule has 1 aromatic heterocycles. The number of hydrogen-bond donors (Lipinski definition) is 1. The zero-order valence-corrected chi connectivity index (χ0v) is 19.6. The number of hydrogen-bond acceptors (Lipinski definition) is 4. The van der Waals surface area contributed by atoms with Gasteiger partial charge in [-0.15, -0.1) is 11.3 Å². The molecule has 3 aromatic rings. The Kier molecular flexibility index (Phi) is 7.73. The van der Waals surface area contributed by atoms with Crippen molar-refractivity contribution in [2.75, 3.05) is 0 Å². The summed E-state index contributed by atoms with van der Waals surface area (Å²) in [4.78, 5) is 13.4. The molecule has 1 amide bonds. The monoisotopic (exact) mass is 524 g/mol. The minimum Gasteiger partial charge on any atom is -0.488 e. The number of nitrogens with one attached hydrogen (secondary N) is 1. The Morgan fingerprint density at radius 1 is 1.22 bits per heavy atom. The van der Waals surface area contributed by atoms with Gasteiger partial charge in [0.2, 0.25) is 0 Å². The van der Waals surface area contributed by atoms with Gasteiger partial charge >= 0.3 is 6.18 Å². The lowest BCUT2D eigenvalue weighted by Gasteiger charge is -2.12. The van der Waals surface area contributed by atoms with Crippen molar-refractivity contribution in [3.8, 4) is 5.75 Å². The van der Waals surface area contributed by atoms with Gasteiger partial charge < -0.3 is 4.74 Å². The molecule has 0 atom stereocenters. The maximum atomic E-state index is 12.9. The highest BCUT2D eigenvalue weighted by atomic mass is 79.9. The van der Waals surface area contributed by atoms with Crippen LogP contribution >= 0.6 is 27.3 Å². The van der Waals surface area contributed by atoms with Crippen molar-refractivity contribution in [2.24, 2.45) is 5.10 Å². The first-order valence-corrected chi connectivity index (χ1v) is 11.3. The van der Waals surface area contributed by atoms with E-state index in [9.17, 15) is 18.0 Å². The van der Waals surface area contributed by atoms with Gasteiger partial charge in [0.25, 0.3) is 5.91 Å². The molecule has 0 spiro atoms. The Labute approximate surface area is 196 Å². The number of hydrazone groups is 1. The summed E-state index contributed by atoms with van der Waals surface area (Å²) in [5.41, 5.74) is 3.23. The van der Waals surface area contributed by atoms with Gasteiger partial charge in [-0.2, -0.15) is 18.3 Å². The van der Waals surface area contributed by atoms with Crippen molar-refractivity contribution in [3.05, 3.63) is 85.5 Å². The molecule has 9 heteroatoms. The van der Waals surface area contributed by atoms with Crippen LogP contribution in [0.25, 0.3) is 0 Å². The van der Waals surface area contributed by atoms with E-state index >= 15 is 0 Å². The third kappa shape index (κ3) is 6.43. The van der Waals surface area contributed by atoms with Gasteiger partial charge in [-0.3, -0.25) is 4.79 Å². The van der Waals surface area contributed by atoms with Crippen LogP contribution in [-0.2, 0) is 12.8 Å². The molecule has 0 aliphatic carbocycles. The minimum absolute atomic E-state index is 0.0500. The predicted octanol–water partition coefficient (Wildman–Crippen LogP) is 7.00. The largest absolute Gasteiger partial charge is 0.488 e. The Balaban J connectivity index is 1.69. The number of amides is 1. The van der Waals surface area contributed by atoms with Crippen molar-refractivity contribution in [3.63, 3.8) is 0 Å². The van der Waals surface area contributed by atoms with E-state index in [4.69, 9.17) is 4.74 Å². The highest BCUT2D eigenvalue weighted by Crippen LogP contribution is 2.30. The second-order valence-corrected chi connectivity index (χ2v) is 9.12. The van der Waals surface area contributed by atoms with E-state index in [2.05, 4.69) is 40.3 Å². The number of nitrogens with zero attached hydrogens (tertiary/aromatic N) is 1. The predicted molar refractivity (Wildman–Crippen MR) is 123 cm³/mol. The molecular weight excluding hydrogens is 505 g/mol. The topological polar surface area (TPSA) is 50.7 Å². The van der Waals surface area contributed by atoms with Crippen LogP contribution < -0.4 is 10.2 Å². The summed E-state index contributed by atoms with van der Waals surface area (Å²) < 4.78 is 45.2. The second kappa shape index (κ2) is 10.3. The van der Waals surface area contributed by atoms with Crippen molar-refractivity contribution in [1.82, 2.24) is 5.43 Å². The van der Waals surface area contributed by atoms with Crippen LogP contribution in [0, 0.1) is 0 Å². The van der Waals surface area contributed by atoms with Crippen molar-refractivity contribution >= 4 is 39.4 Å². The highest BCUT2D eigenvalue weighted by Gasteiger charge is 2.30. The smallest absolute Gasteiger partial charge is 0.416 e. The maximum Gasteiger partial charge on any atom is 0.416 e. The Morgan fingerprint density at radius 3 is 2.69 bits per heavy atom. The van der Waals surface area contributed by atoms with Gasteiger partial charge in [0, 0.05) is 20.3 Å². The first kappa shape index (κ1) is 24.0.